The van der Waals surface area contributed by atoms with Gasteiger partial charge in [0.05, 0.1) is 24.0 Å². The van der Waals surface area contributed by atoms with Crippen LogP contribution in [0.1, 0.15) is 53.9 Å². The van der Waals surface area contributed by atoms with Crippen LogP contribution in [-0.2, 0) is 23.9 Å². The molecule has 162 valence electrons. The lowest BCUT2D eigenvalue weighted by Crippen LogP contribution is -2.44. The molecule has 9 nitrogen and oxygen atoms in total. The number of amides is 4. The molecule has 2 N–H and O–H groups in total. The molecule has 29 heavy (non-hydrogen) atoms. The molecule has 2 heterocycles. The number of hydrogen-bond acceptors (Lipinski definition) is 6. The maximum atomic E-state index is 12.7. The smallest absolute Gasteiger partial charge is 0.426 e. The summed E-state index contributed by atoms with van der Waals surface area (Å²) in [5.41, 5.74) is 3.80. The lowest BCUT2D eigenvalue weighted by molar-refractivity contribution is -0.143. The standard InChI is InChI=1S/C20H31N3O6/c1-6-9-13-16-15(12(2)28-13)17(25)23(18(16)26)11-8-7-10-14(24)21-22-19(27)29-20(3,4)5/h6,9,12-13,15-16H,7-8,10-11H2,1-5H3,(H,21,24)(H,22,27)/b9-6-. The summed E-state index contributed by atoms with van der Waals surface area (Å²) >= 11 is 0. The van der Waals surface area contributed by atoms with Crippen molar-refractivity contribution in [2.75, 3.05) is 6.54 Å². The van der Waals surface area contributed by atoms with Gasteiger partial charge in [-0.15, -0.1) is 0 Å². The Morgan fingerprint density at radius 2 is 1.79 bits per heavy atom. The van der Waals surface area contributed by atoms with E-state index >= 15 is 0 Å². The average molecular weight is 409 g/mol. The molecule has 0 radical (unpaired) electrons. The number of hydrogen-bond donors (Lipinski definition) is 2. The first-order valence-electron chi connectivity index (χ1n) is 9.96. The molecule has 4 amide bonds. The van der Waals surface area contributed by atoms with E-state index in [9.17, 15) is 19.2 Å². The van der Waals surface area contributed by atoms with Gasteiger partial charge in [0.15, 0.2) is 0 Å². The van der Waals surface area contributed by atoms with E-state index in [2.05, 4.69) is 10.9 Å². The molecule has 4 atom stereocenters. The SMILES string of the molecule is C/C=C\C1OC(C)C2C(=O)N(CCCCC(=O)NNC(=O)OC(C)(C)C)C(=O)C12. The molecule has 2 rings (SSSR count). The molecule has 9 heteroatoms. The van der Waals surface area contributed by atoms with Crippen LogP contribution in [0, 0.1) is 11.8 Å². The van der Waals surface area contributed by atoms with Crippen LogP contribution in [0.25, 0.3) is 0 Å². The van der Waals surface area contributed by atoms with Gasteiger partial charge in [0.2, 0.25) is 17.7 Å². The van der Waals surface area contributed by atoms with E-state index in [1.54, 1.807) is 20.8 Å². The Labute approximate surface area is 171 Å². The van der Waals surface area contributed by atoms with Gasteiger partial charge in [-0.25, -0.2) is 10.2 Å². The molecule has 2 aliphatic rings. The van der Waals surface area contributed by atoms with Crippen molar-refractivity contribution in [2.45, 2.75) is 71.7 Å². The highest BCUT2D eigenvalue weighted by atomic mass is 16.6. The maximum Gasteiger partial charge on any atom is 0.426 e. The van der Waals surface area contributed by atoms with Crippen LogP contribution in [0.3, 0.4) is 0 Å². The molecular formula is C20H31N3O6. The Morgan fingerprint density at radius 1 is 1.14 bits per heavy atom. The van der Waals surface area contributed by atoms with Gasteiger partial charge in [-0.1, -0.05) is 12.2 Å². The number of unbranched alkanes of at least 4 members (excludes halogenated alkanes) is 1. The van der Waals surface area contributed by atoms with Gasteiger partial charge in [-0.05, 0) is 47.5 Å². The number of likely N-dealkylation sites (tertiary alicyclic amines) is 1. The van der Waals surface area contributed by atoms with Gasteiger partial charge in [0.25, 0.3) is 0 Å². The second-order valence-electron chi connectivity index (χ2n) is 8.34. The van der Waals surface area contributed by atoms with Gasteiger partial charge in [-0.2, -0.15) is 0 Å². The highest BCUT2D eigenvalue weighted by Crippen LogP contribution is 2.41. The number of allylic oxidation sites excluding steroid dienone is 1. The third-order valence-corrected chi connectivity index (χ3v) is 4.84. The predicted molar refractivity (Wildman–Crippen MR) is 104 cm³/mol. The molecule has 2 fully saturated rings. The second-order valence-corrected chi connectivity index (χ2v) is 8.34. The number of fused-ring (bicyclic) bond motifs is 1. The summed E-state index contributed by atoms with van der Waals surface area (Å²) in [6.45, 7) is 9.10. The first-order chi connectivity index (χ1) is 13.5. The van der Waals surface area contributed by atoms with Crippen molar-refractivity contribution in [2.24, 2.45) is 11.8 Å². The highest BCUT2D eigenvalue weighted by molar-refractivity contribution is 6.06. The summed E-state index contributed by atoms with van der Waals surface area (Å²) in [5, 5.41) is 0. The summed E-state index contributed by atoms with van der Waals surface area (Å²) < 4.78 is 10.8. The molecule has 4 unspecified atom stereocenters. The van der Waals surface area contributed by atoms with E-state index in [0.717, 1.165) is 0 Å². The molecule has 2 saturated heterocycles. The number of nitrogens with zero attached hydrogens (tertiary/aromatic N) is 1. The van der Waals surface area contributed by atoms with Gasteiger partial charge in [-0.3, -0.25) is 24.7 Å². The second kappa shape index (κ2) is 9.39. The van der Waals surface area contributed by atoms with Crippen LogP contribution in [0.2, 0.25) is 0 Å². The number of hydrazine groups is 1. The molecule has 0 saturated carbocycles. The van der Waals surface area contributed by atoms with Crippen LogP contribution >= 0.6 is 0 Å². The third-order valence-electron chi connectivity index (χ3n) is 4.84. The van der Waals surface area contributed by atoms with Crippen molar-refractivity contribution in [3.8, 4) is 0 Å². The van der Waals surface area contributed by atoms with E-state index in [4.69, 9.17) is 9.47 Å². The van der Waals surface area contributed by atoms with E-state index in [1.165, 1.54) is 4.90 Å². The minimum Gasteiger partial charge on any atom is -0.443 e. The zero-order valence-corrected chi connectivity index (χ0v) is 17.7. The fourth-order valence-corrected chi connectivity index (χ4v) is 3.65. The quantitative estimate of drug-likeness (QED) is 0.299. The number of carbonyl (C=O) groups excluding carboxylic acids is 4. The number of nitrogens with one attached hydrogen (secondary N) is 2. The third kappa shape index (κ3) is 5.79. The number of ether oxygens (including phenoxy) is 2. The Bertz CT molecular complexity index is 684. The normalized spacial score (nSPS) is 26.7. The molecule has 2 aliphatic heterocycles. The van der Waals surface area contributed by atoms with Gasteiger partial charge >= 0.3 is 6.09 Å². The Balaban J connectivity index is 1.74. The zero-order valence-electron chi connectivity index (χ0n) is 17.7. The average Bonchev–Trinajstić information content (AvgIpc) is 3.06. The van der Waals surface area contributed by atoms with E-state index in [0.29, 0.717) is 12.8 Å². The highest BCUT2D eigenvalue weighted by Gasteiger charge is 2.57. The summed E-state index contributed by atoms with van der Waals surface area (Å²) in [5.74, 6) is -1.68. The monoisotopic (exact) mass is 409 g/mol. The summed E-state index contributed by atoms with van der Waals surface area (Å²) in [6, 6.07) is 0. The molecule has 0 aromatic rings. The van der Waals surface area contributed by atoms with Crippen LogP contribution in [-0.4, -0.2) is 53.1 Å². The fourth-order valence-electron chi connectivity index (χ4n) is 3.65. The lowest BCUT2D eigenvalue weighted by atomic mass is 9.90. The molecule has 0 spiro atoms. The van der Waals surface area contributed by atoms with E-state index in [-0.39, 0.29) is 42.9 Å². The first-order valence-corrected chi connectivity index (χ1v) is 9.96. The van der Waals surface area contributed by atoms with Crippen molar-refractivity contribution in [1.82, 2.24) is 15.8 Å². The molecule has 0 aromatic heterocycles. The van der Waals surface area contributed by atoms with Crippen LogP contribution in [0.5, 0.6) is 0 Å². The van der Waals surface area contributed by atoms with Crippen molar-refractivity contribution in [3.63, 3.8) is 0 Å². The minimum absolute atomic E-state index is 0.152. The maximum absolute atomic E-state index is 12.7. The largest absolute Gasteiger partial charge is 0.443 e. The summed E-state index contributed by atoms with van der Waals surface area (Å²) in [4.78, 5) is 49.9. The zero-order chi connectivity index (χ0) is 21.8. The van der Waals surface area contributed by atoms with Crippen LogP contribution in [0.15, 0.2) is 12.2 Å². The van der Waals surface area contributed by atoms with Crippen LogP contribution in [0.4, 0.5) is 4.79 Å². The topological polar surface area (TPSA) is 114 Å². The van der Waals surface area contributed by atoms with Crippen molar-refractivity contribution in [1.29, 1.82) is 0 Å². The number of imide groups is 1. The van der Waals surface area contributed by atoms with E-state index in [1.807, 2.05) is 26.0 Å². The fraction of sp³-hybridized carbons (Fsp3) is 0.700. The Morgan fingerprint density at radius 3 is 2.41 bits per heavy atom. The summed E-state index contributed by atoms with van der Waals surface area (Å²) in [7, 11) is 0. The van der Waals surface area contributed by atoms with Gasteiger partial charge < -0.3 is 9.47 Å². The predicted octanol–water partition coefficient (Wildman–Crippen LogP) is 1.68. The van der Waals surface area contributed by atoms with Crippen molar-refractivity contribution >= 4 is 23.8 Å². The van der Waals surface area contributed by atoms with Crippen molar-refractivity contribution < 1.29 is 28.7 Å². The molecule has 0 aliphatic carbocycles. The number of rotatable bonds is 6. The van der Waals surface area contributed by atoms with Crippen LogP contribution < -0.4 is 10.9 Å². The van der Waals surface area contributed by atoms with Gasteiger partial charge in [0.1, 0.15) is 5.60 Å². The molecular weight excluding hydrogens is 378 g/mol. The molecule has 0 bridgehead atoms. The number of carbonyl (C=O) groups is 4. The molecule has 0 aromatic carbocycles. The summed E-state index contributed by atoms with van der Waals surface area (Å²) in [6.07, 6.45) is 3.36. The minimum atomic E-state index is -0.738. The van der Waals surface area contributed by atoms with Gasteiger partial charge in [0, 0.05) is 13.0 Å². The Kier molecular flexibility index (Phi) is 7.40. The first kappa shape index (κ1) is 22.9. The lowest BCUT2D eigenvalue weighted by Gasteiger charge is -2.20. The Hall–Kier alpha value is -2.42. The van der Waals surface area contributed by atoms with Crippen molar-refractivity contribution in [3.05, 3.63) is 12.2 Å². The van der Waals surface area contributed by atoms with E-state index < -0.39 is 23.5 Å².